The van der Waals surface area contributed by atoms with Crippen molar-refractivity contribution >= 4 is 29.0 Å². The minimum absolute atomic E-state index is 0.00640. The topological polar surface area (TPSA) is 66.4 Å². The predicted octanol–water partition coefficient (Wildman–Crippen LogP) is 4.06. The number of aryl methyl sites for hydroxylation is 1. The maximum Gasteiger partial charge on any atom is 0.267 e. The molecule has 1 aliphatic rings. The lowest BCUT2D eigenvalue weighted by molar-refractivity contribution is -0.116. The van der Waals surface area contributed by atoms with Gasteiger partial charge in [-0.25, -0.2) is 0 Å². The number of nitrogens with zero attached hydrogens (tertiary/aromatic N) is 4. The minimum Gasteiger partial charge on any atom is -0.333 e. The molecule has 2 amide bonds. The van der Waals surface area contributed by atoms with Gasteiger partial charge in [-0.2, -0.15) is 0 Å². The number of carbonyl (C=O) groups is 2. The molecule has 0 N–H and O–H groups in total. The molecule has 0 aliphatic carbocycles. The Kier molecular flexibility index (Phi) is 7.14. The maximum atomic E-state index is 13.3. The molecule has 0 bridgehead atoms. The second-order valence-corrected chi connectivity index (χ2v) is 7.95. The molecule has 1 aliphatic heterocycles. The fourth-order valence-corrected chi connectivity index (χ4v) is 4.38. The number of rotatable bonds is 2. The van der Waals surface area contributed by atoms with Crippen molar-refractivity contribution in [2.45, 2.75) is 58.9 Å². The average Bonchev–Trinajstić information content (AvgIpc) is 3.16. The second-order valence-electron chi connectivity index (χ2n) is 7.20. The second kappa shape index (κ2) is 9.78. The Morgan fingerprint density at radius 2 is 1.79 bits per heavy atom. The number of anilines is 1. The Labute approximate surface area is 170 Å². The molecule has 1 aromatic heterocycles. The third-order valence-electron chi connectivity index (χ3n) is 5.21. The van der Waals surface area contributed by atoms with E-state index in [1.165, 1.54) is 11.5 Å². The SMILES string of the molecule is CCc1nnsc1C(=O)N1CCCCCCCN(C(C)=O)c2ccccc2C1. The number of fused-ring (bicyclic) bond motifs is 1. The van der Waals surface area contributed by atoms with Crippen LogP contribution in [0.15, 0.2) is 24.3 Å². The van der Waals surface area contributed by atoms with Crippen LogP contribution >= 0.6 is 11.5 Å². The zero-order valence-corrected chi connectivity index (χ0v) is 17.5. The minimum atomic E-state index is -0.00640. The Morgan fingerprint density at radius 3 is 2.54 bits per heavy atom. The summed E-state index contributed by atoms with van der Waals surface area (Å²) < 4.78 is 3.98. The number of carbonyl (C=O) groups excluding carboxylic acids is 2. The van der Waals surface area contributed by atoms with E-state index in [0.29, 0.717) is 24.4 Å². The fourth-order valence-electron chi connectivity index (χ4n) is 3.66. The average molecular weight is 401 g/mol. The molecule has 28 heavy (non-hydrogen) atoms. The van der Waals surface area contributed by atoms with Gasteiger partial charge >= 0.3 is 0 Å². The van der Waals surface area contributed by atoms with Crippen LogP contribution in [0.1, 0.15) is 66.9 Å². The molecule has 3 rings (SSSR count). The van der Waals surface area contributed by atoms with Gasteiger partial charge in [-0.3, -0.25) is 9.59 Å². The van der Waals surface area contributed by atoms with E-state index in [9.17, 15) is 9.59 Å². The van der Waals surface area contributed by atoms with Crippen molar-refractivity contribution < 1.29 is 9.59 Å². The van der Waals surface area contributed by atoms with Crippen molar-refractivity contribution in [3.8, 4) is 0 Å². The van der Waals surface area contributed by atoms with Crippen LogP contribution in [0, 0.1) is 0 Å². The molecule has 0 spiro atoms. The van der Waals surface area contributed by atoms with Crippen LogP contribution < -0.4 is 4.90 Å². The van der Waals surface area contributed by atoms with Gasteiger partial charge in [0, 0.05) is 32.2 Å². The molecular weight excluding hydrogens is 372 g/mol. The molecular formula is C21H28N4O2S. The normalized spacial score (nSPS) is 16.1. The monoisotopic (exact) mass is 400 g/mol. The lowest BCUT2D eigenvalue weighted by Gasteiger charge is -2.28. The van der Waals surface area contributed by atoms with E-state index in [2.05, 4.69) is 9.59 Å². The van der Waals surface area contributed by atoms with Crippen molar-refractivity contribution in [1.29, 1.82) is 0 Å². The summed E-state index contributed by atoms with van der Waals surface area (Å²) in [6.45, 7) is 5.51. The quantitative estimate of drug-likeness (QED) is 0.762. The van der Waals surface area contributed by atoms with E-state index in [1.54, 1.807) is 6.92 Å². The third kappa shape index (κ3) is 4.76. The van der Waals surface area contributed by atoms with Crippen LogP contribution in [0.2, 0.25) is 0 Å². The molecule has 1 aromatic carbocycles. The Hall–Kier alpha value is -2.28. The first-order valence-electron chi connectivity index (χ1n) is 10.1. The highest BCUT2D eigenvalue weighted by Gasteiger charge is 2.24. The summed E-state index contributed by atoms with van der Waals surface area (Å²) in [5.41, 5.74) is 2.67. The smallest absolute Gasteiger partial charge is 0.267 e. The van der Waals surface area contributed by atoms with Gasteiger partial charge in [0.1, 0.15) is 4.88 Å². The van der Waals surface area contributed by atoms with Gasteiger partial charge in [0.25, 0.3) is 5.91 Å². The first-order valence-corrected chi connectivity index (χ1v) is 10.9. The van der Waals surface area contributed by atoms with Crippen LogP contribution in [0.25, 0.3) is 0 Å². The van der Waals surface area contributed by atoms with Gasteiger partial charge in [0.15, 0.2) is 0 Å². The number of benzene rings is 1. The zero-order valence-electron chi connectivity index (χ0n) is 16.7. The lowest BCUT2D eigenvalue weighted by atomic mass is 10.1. The third-order valence-corrected chi connectivity index (χ3v) is 5.96. The highest BCUT2D eigenvalue weighted by molar-refractivity contribution is 7.08. The molecule has 2 aromatic rings. The van der Waals surface area contributed by atoms with E-state index < -0.39 is 0 Å². The summed E-state index contributed by atoms with van der Waals surface area (Å²) >= 11 is 1.17. The summed E-state index contributed by atoms with van der Waals surface area (Å²) in [5.74, 6) is 0.0374. The molecule has 0 unspecified atom stereocenters. The molecule has 2 heterocycles. The summed E-state index contributed by atoms with van der Waals surface area (Å²) in [5, 5.41) is 4.10. The number of hydrogen-bond acceptors (Lipinski definition) is 5. The number of para-hydroxylation sites is 1. The van der Waals surface area contributed by atoms with E-state index in [1.807, 2.05) is 41.0 Å². The first kappa shape index (κ1) is 20.5. The van der Waals surface area contributed by atoms with E-state index in [0.717, 1.165) is 55.6 Å². The predicted molar refractivity (Wildman–Crippen MR) is 112 cm³/mol. The summed E-state index contributed by atoms with van der Waals surface area (Å²) in [7, 11) is 0. The van der Waals surface area contributed by atoms with Gasteiger partial charge in [-0.05, 0) is 42.4 Å². The molecule has 7 heteroatoms. The van der Waals surface area contributed by atoms with E-state index in [-0.39, 0.29) is 11.8 Å². The molecule has 0 saturated carbocycles. The van der Waals surface area contributed by atoms with Gasteiger partial charge in [-0.1, -0.05) is 48.9 Å². The van der Waals surface area contributed by atoms with Gasteiger partial charge in [0.2, 0.25) is 5.91 Å². The van der Waals surface area contributed by atoms with Crippen molar-refractivity contribution in [2.75, 3.05) is 18.0 Å². The standard InChI is InChI=1S/C21H28N4O2S/c1-3-18-20(28-23-22-18)21(27)24-13-9-5-4-6-10-14-25(16(2)26)19-12-8-7-11-17(19)15-24/h7-8,11-12H,3-6,9-10,13-15H2,1-2H3. The summed E-state index contributed by atoms with van der Waals surface area (Å²) in [4.78, 5) is 29.9. The molecule has 6 nitrogen and oxygen atoms in total. The number of amides is 2. The fraction of sp³-hybridized carbons (Fsp3) is 0.524. The summed E-state index contributed by atoms with van der Waals surface area (Å²) in [6.07, 6.45) is 5.99. The van der Waals surface area contributed by atoms with Gasteiger partial charge in [-0.15, -0.1) is 5.10 Å². The van der Waals surface area contributed by atoms with Gasteiger partial charge < -0.3 is 9.80 Å². The van der Waals surface area contributed by atoms with Crippen LogP contribution in [-0.2, 0) is 17.8 Å². The number of hydrogen-bond donors (Lipinski definition) is 0. The highest BCUT2D eigenvalue weighted by atomic mass is 32.1. The van der Waals surface area contributed by atoms with Crippen LogP contribution in [0.3, 0.4) is 0 Å². The van der Waals surface area contributed by atoms with Crippen LogP contribution in [0.4, 0.5) is 5.69 Å². The van der Waals surface area contributed by atoms with Crippen molar-refractivity contribution in [3.63, 3.8) is 0 Å². The van der Waals surface area contributed by atoms with Gasteiger partial charge in [0.05, 0.1) is 5.69 Å². The Balaban J connectivity index is 1.94. The first-order chi connectivity index (χ1) is 13.6. The van der Waals surface area contributed by atoms with Crippen LogP contribution in [-0.4, -0.2) is 39.4 Å². The largest absolute Gasteiger partial charge is 0.333 e. The Morgan fingerprint density at radius 1 is 1.07 bits per heavy atom. The molecule has 150 valence electrons. The number of aromatic nitrogens is 2. The molecule has 0 fully saturated rings. The molecule has 0 radical (unpaired) electrons. The van der Waals surface area contributed by atoms with Crippen molar-refractivity contribution in [3.05, 3.63) is 40.4 Å². The molecule has 0 atom stereocenters. The van der Waals surface area contributed by atoms with Crippen molar-refractivity contribution in [1.82, 2.24) is 14.5 Å². The van der Waals surface area contributed by atoms with Crippen LogP contribution in [0.5, 0.6) is 0 Å². The zero-order chi connectivity index (χ0) is 19.9. The highest BCUT2D eigenvalue weighted by Crippen LogP contribution is 2.26. The molecule has 0 saturated heterocycles. The maximum absolute atomic E-state index is 13.3. The summed E-state index contributed by atoms with van der Waals surface area (Å²) in [6, 6.07) is 7.92. The van der Waals surface area contributed by atoms with Crippen molar-refractivity contribution in [2.24, 2.45) is 0 Å². The van der Waals surface area contributed by atoms with E-state index in [4.69, 9.17) is 0 Å². The van der Waals surface area contributed by atoms with E-state index >= 15 is 0 Å². The Bertz CT molecular complexity index is 820. The lowest BCUT2D eigenvalue weighted by Crippen LogP contribution is -2.34.